The number of benzene rings is 4. The largest absolute Gasteiger partial charge is 0.294 e. The molecule has 0 amide bonds. The van der Waals surface area contributed by atoms with Crippen molar-refractivity contribution in [1.82, 2.24) is 0 Å². The summed E-state index contributed by atoms with van der Waals surface area (Å²) in [4.78, 5) is 13.1. The predicted molar refractivity (Wildman–Crippen MR) is 119 cm³/mol. The normalized spacial score (nSPS) is 21.5. The summed E-state index contributed by atoms with van der Waals surface area (Å²) in [6.07, 6.45) is 1.48. The average molecular weight is 384 g/mol. The molecule has 0 aliphatic heterocycles. The van der Waals surface area contributed by atoms with Crippen molar-refractivity contribution in [2.24, 2.45) is 0 Å². The fourth-order valence-corrected chi connectivity index (χ4v) is 6.73. The fourth-order valence-electron chi connectivity index (χ4n) is 6.73. The van der Waals surface area contributed by atoms with Crippen molar-refractivity contribution >= 4 is 5.78 Å². The van der Waals surface area contributed by atoms with Crippen LogP contribution in [0.2, 0.25) is 0 Å². The minimum absolute atomic E-state index is 0.207. The molecule has 1 atom stereocenters. The highest BCUT2D eigenvalue weighted by Crippen LogP contribution is 2.66. The van der Waals surface area contributed by atoms with Crippen LogP contribution >= 0.6 is 0 Å². The van der Waals surface area contributed by atoms with E-state index in [-0.39, 0.29) is 16.6 Å². The molecular weight excluding hydrogens is 364 g/mol. The van der Waals surface area contributed by atoms with Crippen molar-refractivity contribution in [3.63, 3.8) is 0 Å². The lowest BCUT2D eigenvalue weighted by Crippen LogP contribution is -2.29. The first-order valence-corrected chi connectivity index (χ1v) is 10.7. The summed E-state index contributed by atoms with van der Waals surface area (Å²) in [6.45, 7) is 0. The van der Waals surface area contributed by atoms with Gasteiger partial charge in [-0.1, -0.05) is 97.1 Å². The van der Waals surface area contributed by atoms with Gasteiger partial charge in [0.05, 0.1) is 0 Å². The molecule has 142 valence electrons. The first kappa shape index (κ1) is 16.4. The van der Waals surface area contributed by atoms with Crippen molar-refractivity contribution in [3.8, 4) is 11.1 Å². The zero-order valence-electron chi connectivity index (χ0n) is 16.6. The third-order valence-electron chi connectivity index (χ3n) is 7.74. The lowest BCUT2D eigenvalue weighted by atomic mass is 9.69. The number of hydrogen-bond acceptors (Lipinski definition) is 1. The van der Waals surface area contributed by atoms with Gasteiger partial charge in [0.1, 0.15) is 0 Å². The molecule has 0 fully saturated rings. The van der Waals surface area contributed by atoms with Crippen LogP contribution in [0.25, 0.3) is 11.1 Å². The molecule has 3 aliphatic rings. The predicted octanol–water partition coefficient (Wildman–Crippen LogP) is 6.28. The minimum Gasteiger partial charge on any atom is -0.294 e. The van der Waals surface area contributed by atoms with Crippen LogP contribution in [0.15, 0.2) is 97.1 Å². The molecule has 0 N–H and O–H groups in total. The second kappa shape index (κ2) is 5.37. The van der Waals surface area contributed by atoms with Gasteiger partial charge in [-0.2, -0.15) is 0 Å². The van der Waals surface area contributed by atoms with Gasteiger partial charge in [0.25, 0.3) is 0 Å². The van der Waals surface area contributed by atoms with Crippen molar-refractivity contribution < 1.29 is 4.79 Å². The number of carbonyl (C=O) groups is 1. The average Bonchev–Trinajstić information content (AvgIpc) is 3.38. The molecule has 4 aromatic rings. The first-order valence-electron chi connectivity index (χ1n) is 10.7. The number of carbonyl (C=O) groups excluding carboxylic acids is 1. The molecule has 0 saturated heterocycles. The van der Waals surface area contributed by atoms with Crippen molar-refractivity contribution in [3.05, 3.63) is 130 Å². The van der Waals surface area contributed by atoms with E-state index in [4.69, 9.17) is 0 Å². The smallest absolute Gasteiger partial charge is 0.164 e. The van der Waals surface area contributed by atoms with E-state index < -0.39 is 0 Å². The summed E-state index contributed by atoms with van der Waals surface area (Å²) in [6, 6.07) is 34.8. The lowest BCUT2D eigenvalue weighted by Gasteiger charge is -2.32. The number of fused-ring (bicyclic) bond motifs is 10. The van der Waals surface area contributed by atoms with Crippen molar-refractivity contribution in [1.29, 1.82) is 0 Å². The van der Waals surface area contributed by atoms with Gasteiger partial charge in [-0.15, -0.1) is 0 Å². The van der Waals surface area contributed by atoms with Crippen LogP contribution in [0.1, 0.15) is 51.0 Å². The zero-order chi connectivity index (χ0) is 19.9. The molecule has 1 unspecified atom stereocenters. The van der Waals surface area contributed by atoms with Crippen LogP contribution in [0.5, 0.6) is 0 Å². The first-order chi connectivity index (χ1) is 14.8. The van der Waals surface area contributed by atoms with E-state index in [1.165, 1.54) is 38.9 Å². The molecule has 0 bridgehead atoms. The quantitative estimate of drug-likeness (QED) is 0.349. The third kappa shape index (κ3) is 1.70. The Morgan fingerprint density at radius 2 is 0.967 bits per heavy atom. The Hall–Kier alpha value is -3.45. The highest BCUT2D eigenvalue weighted by molar-refractivity contribution is 6.03. The van der Waals surface area contributed by atoms with Gasteiger partial charge < -0.3 is 0 Å². The molecule has 1 heteroatoms. The molecule has 4 aromatic carbocycles. The maximum atomic E-state index is 13.1. The lowest BCUT2D eigenvalue weighted by molar-refractivity contribution is 0.0978. The number of hydrogen-bond donors (Lipinski definition) is 0. The molecule has 7 rings (SSSR count). The summed E-state index contributed by atoms with van der Waals surface area (Å²) >= 11 is 0. The summed E-state index contributed by atoms with van der Waals surface area (Å²) < 4.78 is 0. The molecule has 2 spiro atoms. The summed E-state index contributed by atoms with van der Waals surface area (Å²) in [7, 11) is 0. The van der Waals surface area contributed by atoms with Crippen LogP contribution in [-0.2, 0) is 10.8 Å². The standard InChI is InChI=1S/C29H20O/c30-27-17-28(22-12-4-3-11-21(22)27)18-29(26-16-8-7-15-25(26)28)23-13-5-1-9-19(23)20-10-2-6-14-24(20)29/h1-16H,17-18H2. The Morgan fingerprint density at radius 1 is 0.500 bits per heavy atom. The van der Waals surface area contributed by atoms with E-state index in [1.54, 1.807) is 0 Å². The van der Waals surface area contributed by atoms with Crippen molar-refractivity contribution in [2.75, 3.05) is 0 Å². The molecule has 30 heavy (non-hydrogen) atoms. The van der Waals surface area contributed by atoms with Crippen molar-refractivity contribution in [2.45, 2.75) is 23.7 Å². The Morgan fingerprint density at radius 3 is 1.60 bits per heavy atom. The Labute approximate surface area is 176 Å². The molecule has 0 radical (unpaired) electrons. The summed E-state index contributed by atoms with van der Waals surface area (Å²) in [5.41, 5.74) is 9.78. The topological polar surface area (TPSA) is 17.1 Å². The minimum atomic E-state index is -0.255. The van der Waals surface area contributed by atoms with Crippen LogP contribution in [0, 0.1) is 0 Å². The van der Waals surface area contributed by atoms with Crippen LogP contribution in [-0.4, -0.2) is 5.78 Å². The van der Waals surface area contributed by atoms with Gasteiger partial charge in [-0.05, 0) is 45.4 Å². The van der Waals surface area contributed by atoms with Gasteiger partial charge in [0.15, 0.2) is 5.78 Å². The van der Waals surface area contributed by atoms with Gasteiger partial charge in [-0.25, -0.2) is 0 Å². The van der Waals surface area contributed by atoms with E-state index in [0.29, 0.717) is 6.42 Å². The summed E-state index contributed by atoms with van der Waals surface area (Å²) in [5, 5.41) is 0. The molecule has 1 nitrogen and oxygen atoms in total. The number of ketones is 1. The zero-order valence-corrected chi connectivity index (χ0v) is 16.6. The molecule has 3 aliphatic carbocycles. The second-order valence-corrected chi connectivity index (χ2v) is 8.95. The fraction of sp³-hybridized carbons (Fsp3) is 0.138. The van der Waals surface area contributed by atoms with Gasteiger partial charge in [-0.3, -0.25) is 4.79 Å². The van der Waals surface area contributed by atoms with E-state index >= 15 is 0 Å². The van der Waals surface area contributed by atoms with Gasteiger partial charge >= 0.3 is 0 Å². The number of Topliss-reactive ketones (excluding diaryl/α,β-unsaturated/α-hetero) is 1. The molecule has 0 heterocycles. The third-order valence-corrected chi connectivity index (χ3v) is 7.74. The van der Waals surface area contributed by atoms with E-state index in [1.807, 2.05) is 12.1 Å². The van der Waals surface area contributed by atoms with Gasteiger partial charge in [0, 0.05) is 22.8 Å². The molecule has 0 saturated carbocycles. The van der Waals surface area contributed by atoms with E-state index in [9.17, 15) is 4.79 Å². The summed E-state index contributed by atoms with van der Waals surface area (Å²) in [5.74, 6) is 0.275. The molecular formula is C29H20O. The number of rotatable bonds is 0. The Balaban J connectivity index is 1.62. The van der Waals surface area contributed by atoms with Crippen LogP contribution in [0.3, 0.4) is 0 Å². The Kier molecular flexibility index (Phi) is 2.93. The van der Waals surface area contributed by atoms with Crippen LogP contribution < -0.4 is 0 Å². The maximum absolute atomic E-state index is 13.1. The highest BCUT2D eigenvalue weighted by Gasteiger charge is 2.60. The SMILES string of the molecule is O=C1CC2(CC3(c4ccccc4-c4ccccc43)c3ccccc32)c2ccccc21. The second-order valence-electron chi connectivity index (χ2n) is 8.95. The Bertz CT molecular complexity index is 1330. The van der Waals surface area contributed by atoms with E-state index in [0.717, 1.165) is 12.0 Å². The van der Waals surface area contributed by atoms with E-state index in [2.05, 4.69) is 84.9 Å². The monoisotopic (exact) mass is 384 g/mol. The maximum Gasteiger partial charge on any atom is 0.164 e. The van der Waals surface area contributed by atoms with Gasteiger partial charge in [0.2, 0.25) is 0 Å². The van der Waals surface area contributed by atoms with Crippen LogP contribution in [0.4, 0.5) is 0 Å². The highest BCUT2D eigenvalue weighted by atomic mass is 16.1. The molecule has 0 aromatic heterocycles.